The Bertz CT molecular complexity index is 624. The highest BCUT2D eigenvalue weighted by atomic mass is 32.2. The van der Waals surface area contributed by atoms with Gasteiger partial charge in [-0.2, -0.15) is 0 Å². The molecule has 0 aliphatic rings. The molecule has 0 radical (unpaired) electrons. The lowest BCUT2D eigenvalue weighted by Crippen LogP contribution is -2.06. The van der Waals surface area contributed by atoms with Gasteiger partial charge in [0.05, 0.1) is 17.0 Å². The molecule has 0 bridgehead atoms. The minimum atomic E-state index is 0.519. The molecule has 2 rings (SSSR count). The van der Waals surface area contributed by atoms with E-state index in [-0.39, 0.29) is 0 Å². The van der Waals surface area contributed by atoms with Crippen molar-refractivity contribution in [2.24, 2.45) is 5.16 Å². The Kier molecular flexibility index (Phi) is 5.78. The van der Waals surface area contributed by atoms with Crippen LogP contribution < -0.4 is 4.74 Å². The summed E-state index contributed by atoms with van der Waals surface area (Å²) >= 11 is 6.87. The molecule has 0 spiro atoms. The van der Waals surface area contributed by atoms with Gasteiger partial charge in [0.1, 0.15) is 5.75 Å². The van der Waals surface area contributed by atoms with Crippen molar-refractivity contribution in [1.82, 2.24) is 0 Å². The number of nitrogens with zero attached hydrogens (tertiary/aromatic N) is 1. The first-order valence-corrected chi connectivity index (χ1v) is 7.71. The Hall–Kier alpha value is -1.85. The van der Waals surface area contributed by atoms with Crippen LogP contribution in [0.2, 0.25) is 0 Å². The van der Waals surface area contributed by atoms with Crippen molar-refractivity contribution < 1.29 is 9.94 Å². The molecule has 2 aromatic carbocycles. The monoisotopic (exact) mass is 317 g/mol. The zero-order valence-electron chi connectivity index (χ0n) is 11.5. The predicted molar refractivity (Wildman–Crippen MR) is 91.9 cm³/mol. The molecule has 1 N–H and O–H groups in total. The number of ether oxygens (including phenoxy) is 1. The molecule has 0 aliphatic heterocycles. The second-order valence-corrected chi connectivity index (χ2v) is 5.87. The Morgan fingerprint density at radius 1 is 1.10 bits per heavy atom. The summed E-state index contributed by atoms with van der Waals surface area (Å²) in [7, 11) is 1.63. The largest absolute Gasteiger partial charge is 0.497 e. The van der Waals surface area contributed by atoms with E-state index >= 15 is 0 Å². The number of benzene rings is 2. The molecule has 0 heterocycles. The Labute approximate surface area is 133 Å². The average molecular weight is 317 g/mol. The van der Waals surface area contributed by atoms with E-state index in [1.807, 2.05) is 54.6 Å². The van der Waals surface area contributed by atoms with Gasteiger partial charge in [0, 0.05) is 11.3 Å². The van der Waals surface area contributed by atoms with Crippen LogP contribution in [0.15, 0.2) is 59.8 Å². The first kappa shape index (κ1) is 15.5. The summed E-state index contributed by atoms with van der Waals surface area (Å²) in [5.74, 6) is 1.32. The molecule has 5 heteroatoms. The van der Waals surface area contributed by atoms with Crippen molar-refractivity contribution in [1.29, 1.82) is 0 Å². The number of hydrogen-bond donors (Lipinski definition) is 1. The summed E-state index contributed by atoms with van der Waals surface area (Å²) in [6.45, 7) is 0. The molecule has 3 nitrogen and oxygen atoms in total. The summed E-state index contributed by atoms with van der Waals surface area (Å²) in [6, 6.07) is 17.2. The molecular weight excluding hydrogens is 302 g/mol. The predicted octanol–water partition coefficient (Wildman–Crippen LogP) is 3.98. The van der Waals surface area contributed by atoms with Crippen molar-refractivity contribution in [3.05, 3.63) is 65.7 Å². The normalized spacial score (nSPS) is 11.2. The smallest absolute Gasteiger partial charge is 0.118 e. The number of thioether (sulfide) groups is 1. The fraction of sp³-hybridized carbons (Fsp3) is 0.125. The maximum Gasteiger partial charge on any atom is 0.118 e. The van der Waals surface area contributed by atoms with Crippen LogP contribution in [-0.4, -0.2) is 28.0 Å². The van der Waals surface area contributed by atoms with E-state index in [4.69, 9.17) is 22.2 Å². The highest BCUT2D eigenvalue weighted by molar-refractivity contribution is 8.24. The summed E-state index contributed by atoms with van der Waals surface area (Å²) in [5, 5.41) is 12.5. The molecule has 0 unspecified atom stereocenters. The van der Waals surface area contributed by atoms with Gasteiger partial charge in [0.15, 0.2) is 0 Å². The molecule has 0 aliphatic carbocycles. The molecule has 0 saturated heterocycles. The van der Waals surface area contributed by atoms with Crippen molar-refractivity contribution in [3.63, 3.8) is 0 Å². The molecule has 108 valence electrons. The van der Waals surface area contributed by atoms with Gasteiger partial charge in [-0.15, -0.1) is 11.8 Å². The topological polar surface area (TPSA) is 41.8 Å². The number of hydrogen-bond acceptors (Lipinski definition) is 5. The first-order chi connectivity index (χ1) is 10.2. The van der Waals surface area contributed by atoms with Gasteiger partial charge in [-0.25, -0.2) is 0 Å². The van der Waals surface area contributed by atoms with E-state index in [1.165, 1.54) is 11.8 Å². The molecule has 0 aromatic heterocycles. The summed E-state index contributed by atoms with van der Waals surface area (Å²) in [4.78, 5) is 0. The van der Waals surface area contributed by atoms with E-state index in [9.17, 15) is 0 Å². The minimum absolute atomic E-state index is 0.519. The molecule has 21 heavy (non-hydrogen) atoms. The van der Waals surface area contributed by atoms with E-state index < -0.39 is 0 Å². The summed E-state index contributed by atoms with van der Waals surface area (Å²) < 4.78 is 5.88. The van der Waals surface area contributed by atoms with Crippen molar-refractivity contribution >= 4 is 33.9 Å². The molecule has 0 atom stereocenters. The van der Waals surface area contributed by atoms with Crippen LogP contribution >= 0.6 is 24.0 Å². The highest BCUT2D eigenvalue weighted by Gasteiger charge is 2.08. The van der Waals surface area contributed by atoms with Crippen LogP contribution in [0, 0.1) is 0 Å². The van der Waals surface area contributed by atoms with Crippen LogP contribution in [0.5, 0.6) is 5.75 Å². The fourth-order valence-corrected chi connectivity index (χ4v) is 2.85. The van der Waals surface area contributed by atoms with Gasteiger partial charge in [-0.05, 0) is 29.8 Å². The average Bonchev–Trinajstić information content (AvgIpc) is 2.56. The van der Waals surface area contributed by atoms with Crippen LogP contribution in [0.3, 0.4) is 0 Å². The molecule has 0 saturated carbocycles. The van der Waals surface area contributed by atoms with Crippen molar-refractivity contribution in [2.75, 3.05) is 12.9 Å². The fourth-order valence-electron chi connectivity index (χ4n) is 1.74. The lowest BCUT2D eigenvalue weighted by Gasteiger charge is -2.07. The number of methoxy groups -OCH3 is 1. The Morgan fingerprint density at radius 3 is 2.33 bits per heavy atom. The quantitative estimate of drug-likeness (QED) is 0.392. The molecule has 2 aromatic rings. The van der Waals surface area contributed by atoms with E-state index in [1.54, 1.807) is 7.11 Å². The van der Waals surface area contributed by atoms with Gasteiger partial charge in [-0.3, -0.25) is 0 Å². The SMILES string of the molecule is COc1ccc(C(=S)SC/C(=N\O)c2ccccc2)cc1. The third kappa shape index (κ3) is 4.31. The lowest BCUT2D eigenvalue weighted by molar-refractivity contribution is 0.319. The van der Waals surface area contributed by atoms with Gasteiger partial charge < -0.3 is 9.94 Å². The second kappa shape index (κ2) is 7.81. The zero-order chi connectivity index (χ0) is 15.1. The van der Waals surface area contributed by atoms with Gasteiger partial charge in [0.25, 0.3) is 0 Å². The Morgan fingerprint density at radius 2 is 1.76 bits per heavy atom. The number of oxime groups is 1. The maximum atomic E-state index is 9.15. The first-order valence-electron chi connectivity index (χ1n) is 6.32. The molecular formula is C16H15NO2S2. The maximum absolute atomic E-state index is 9.15. The molecule has 0 amide bonds. The lowest BCUT2D eigenvalue weighted by atomic mass is 10.1. The minimum Gasteiger partial charge on any atom is -0.497 e. The summed E-state index contributed by atoms with van der Waals surface area (Å²) in [5.41, 5.74) is 2.46. The zero-order valence-corrected chi connectivity index (χ0v) is 13.2. The third-order valence-electron chi connectivity index (χ3n) is 2.89. The highest BCUT2D eigenvalue weighted by Crippen LogP contribution is 2.19. The standard InChI is InChI=1S/C16H15NO2S2/c1-19-14-9-7-13(8-10-14)16(20)21-11-15(17-18)12-5-3-2-4-6-12/h2-10,18H,11H2,1H3/b17-15+. The van der Waals surface area contributed by atoms with Gasteiger partial charge in [-0.1, -0.05) is 47.7 Å². The van der Waals surface area contributed by atoms with Crippen molar-refractivity contribution in [3.8, 4) is 5.75 Å². The number of rotatable bonds is 5. The van der Waals surface area contributed by atoms with E-state index in [2.05, 4.69) is 5.16 Å². The third-order valence-corrected chi connectivity index (χ3v) is 4.40. The van der Waals surface area contributed by atoms with E-state index in [0.29, 0.717) is 11.5 Å². The van der Waals surface area contributed by atoms with Crippen LogP contribution in [0.1, 0.15) is 11.1 Å². The number of thiocarbonyl (C=S) groups is 1. The van der Waals surface area contributed by atoms with Crippen LogP contribution in [0.25, 0.3) is 0 Å². The van der Waals surface area contributed by atoms with Crippen molar-refractivity contribution in [2.45, 2.75) is 0 Å². The Balaban J connectivity index is 1.99. The summed E-state index contributed by atoms with van der Waals surface area (Å²) in [6.07, 6.45) is 0. The van der Waals surface area contributed by atoms with Crippen LogP contribution in [-0.2, 0) is 0 Å². The van der Waals surface area contributed by atoms with Gasteiger partial charge in [0.2, 0.25) is 0 Å². The van der Waals surface area contributed by atoms with Crippen LogP contribution in [0.4, 0.5) is 0 Å². The van der Waals surface area contributed by atoms with Gasteiger partial charge >= 0.3 is 0 Å². The second-order valence-electron chi connectivity index (χ2n) is 4.22. The van der Waals surface area contributed by atoms with E-state index in [0.717, 1.165) is 21.1 Å². The molecule has 0 fully saturated rings.